The normalized spacial score (nSPS) is 18.2. The molecule has 10 heteroatoms. The molecule has 3 heterocycles. The maximum atomic E-state index is 14.9. The Labute approximate surface area is 185 Å². The molecule has 32 heavy (non-hydrogen) atoms. The van der Waals surface area contributed by atoms with Gasteiger partial charge in [-0.05, 0) is 36.8 Å². The molecule has 0 bridgehead atoms. The number of esters is 1. The van der Waals surface area contributed by atoms with Crippen molar-refractivity contribution >= 4 is 29.9 Å². The van der Waals surface area contributed by atoms with Gasteiger partial charge in [-0.2, -0.15) is 5.10 Å². The number of pyridine rings is 1. The molecule has 1 fully saturated rings. The lowest BCUT2D eigenvalue weighted by Gasteiger charge is -2.26. The summed E-state index contributed by atoms with van der Waals surface area (Å²) in [5.41, 5.74) is 1.41. The Bertz CT molecular complexity index is 1030. The van der Waals surface area contributed by atoms with Gasteiger partial charge < -0.3 is 14.4 Å². The van der Waals surface area contributed by atoms with Crippen LogP contribution in [0.3, 0.4) is 0 Å². The molecule has 1 atom stereocenters. The van der Waals surface area contributed by atoms with E-state index >= 15 is 0 Å². The number of ether oxygens (including phenoxy) is 2. The molecule has 0 radical (unpaired) electrons. The Morgan fingerprint density at radius 3 is 2.78 bits per heavy atom. The zero-order valence-corrected chi connectivity index (χ0v) is 17.9. The quantitative estimate of drug-likeness (QED) is 0.637. The van der Waals surface area contributed by atoms with E-state index in [1.807, 2.05) is 23.0 Å². The number of benzene rings is 1. The maximum absolute atomic E-state index is 14.9. The summed E-state index contributed by atoms with van der Waals surface area (Å²) in [6.07, 6.45) is 2.83. The molecule has 9 nitrogen and oxygen atoms in total. The van der Waals surface area contributed by atoms with Crippen LogP contribution in [0.15, 0.2) is 41.6 Å². The van der Waals surface area contributed by atoms with Crippen molar-refractivity contribution < 1.29 is 23.5 Å². The van der Waals surface area contributed by atoms with Crippen LogP contribution in [0.5, 0.6) is 0 Å². The summed E-state index contributed by atoms with van der Waals surface area (Å²) in [6.45, 7) is 1.80. The van der Waals surface area contributed by atoms with Gasteiger partial charge in [-0.25, -0.2) is 14.2 Å². The van der Waals surface area contributed by atoms with Crippen molar-refractivity contribution in [2.24, 2.45) is 5.10 Å². The Balaban J connectivity index is 1.45. The Hall–Kier alpha value is -3.69. The fourth-order valence-electron chi connectivity index (χ4n) is 3.58. The summed E-state index contributed by atoms with van der Waals surface area (Å²) in [4.78, 5) is 31.2. The first-order valence-corrected chi connectivity index (χ1v) is 10.3. The number of halogens is 1. The van der Waals surface area contributed by atoms with Crippen LogP contribution in [0.2, 0.25) is 0 Å². The van der Waals surface area contributed by atoms with Crippen LogP contribution in [0.4, 0.5) is 20.7 Å². The molecule has 1 aromatic heterocycles. The average molecular weight is 441 g/mol. The van der Waals surface area contributed by atoms with Gasteiger partial charge in [-0.3, -0.25) is 14.7 Å². The Kier molecular flexibility index (Phi) is 6.20. The molecule has 168 valence electrons. The van der Waals surface area contributed by atoms with E-state index in [1.54, 1.807) is 30.7 Å². The summed E-state index contributed by atoms with van der Waals surface area (Å²) >= 11 is 0. The SMILES string of the molecule is COC(=O)CC[C@H]1CN(c2ccc(-c3ccc(N4C=NN(C)CC4)nc3)c(F)c2)C(=O)O1. The van der Waals surface area contributed by atoms with E-state index in [9.17, 15) is 14.0 Å². The number of carbonyl (C=O) groups is 2. The number of likely N-dealkylation sites (N-methyl/N-ethyl adjacent to an activating group) is 1. The third-order valence-electron chi connectivity index (χ3n) is 5.44. The molecule has 0 N–H and O–H groups in total. The number of nitrogens with zero attached hydrogens (tertiary/aromatic N) is 5. The number of hydrogen-bond donors (Lipinski definition) is 0. The van der Waals surface area contributed by atoms with Crippen LogP contribution in [-0.4, -0.2) is 68.3 Å². The second-order valence-electron chi connectivity index (χ2n) is 7.61. The lowest BCUT2D eigenvalue weighted by molar-refractivity contribution is -0.141. The average Bonchev–Trinajstić information content (AvgIpc) is 3.18. The highest BCUT2D eigenvalue weighted by Crippen LogP contribution is 2.30. The number of hydrazone groups is 1. The minimum Gasteiger partial charge on any atom is -0.469 e. The minimum atomic E-state index is -0.563. The largest absolute Gasteiger partial charge is 0.469 e. The smallest absolute Gasteiger partial charge is 0.414 e. The number of methoxy groups -OCH3 is 1. The van der Waals surface area contributed by atoms with Crippen molar-refractivity contribution in [2.75, 3.05) is 43.6 Å². The predicted octanol–water partition coefficient (Wildman–Crippen LogP) is 2.86. The summed E-state index contributed by atoms with van der Waals surface area (Å²) in [5, 5.41) is 6.08. The first-order valence-electron chi connectivity index (χ1n) is 10.3. The molecule has 2 aliphatic heterocycles. The van der Waals surface area contributed by atoms with Crippen molar-refractivity contribution in [3.8, 4) is 11.1 Å². The van der Waals surface area contributed by atoms with Crippen LogP contribution in [-0.2, 0) is 14.3 Å². The number of hydrogen-bond acceptors (Lipinski definition) is 8. The summed E-state index contributed by atoms with van der Waals surface area (Å²) in [7, 11) is 3.21. The highest BCUT2D eigenvalue weighted by Gasteiger charge is 2.33. The molecule has 1 saturated heterocycles. The summed E-state index contributed by atoms with van der Waals surface area (Å²) < 4.78 is 24.8. The maximum Gasteiger partial charge on any atom is 0.414 e. The number of aromatic nitrogens is 1. The zero-order valence-electron chi connectivity index (χ0n) is 17.9. The van der Waals surface area contributed by atoms with Gasteiger partial charge in [-0.15, -0.1) is 0 Å². The van der Waals surface area contributed by atoms with E-state index < -0.39 is 18.0 Å². The standard InChI is InChI=1S/C22H24FN5O4/c1-26-9-10-27(14-25-26)20-7-3-15(12-24-20)18-6-4-16(11-19(18)23)28-13-17(32-22(28)30)5-8-21(29)31-2/h3-4,6-7,11-12,14,17H,5,8-10,13H2,1-2H3/t17-/m0/s1. The Morgan fingerprint density at radius 1 is 1.28 bits per heavy atom. The second kappa shape index (κ2) is 9.21. The van der Waals surface area contributed by atoms with Gasteiger partial charge in [0.15, 0.2) is 0 Å². The van der Waals surface area contributed by atoms with Crippen molar-refractivity contribution in [1.29, 1.82) is 0 Å². The third-order valence-corrected chi connectivity index (χ3v) is 5.44. The van der Waals surface area contributed by atoms with Crippen LogP contribution >= 0.6 is 0 Å². The molecule has 0 spiro atoms. The third kappa shape index (κ3) is 4.63. The van der Waals surface area contributed by atoms with E-state index in [-0.39, 0.29) is 18.9 Å². The molecule has 1 amide bonds. The van der Waals surface area contributed by atoms with Gasteiger partial charge in [0.2, 0.25) is 0 Å². The van der Waals surface area contributed by atoms with Crippen molar-refractivity contribution in [3.63, 3.8) is 0 Å². The van der Waals surface area contributed by atoms with Gasteiger partial charge in [0.1, 0.15) is 24.1 Å². The molecule has 4 rings (SSSR count). The molecule has 0 aliphatic carbocycles. The summed E-state index contributed by atoms with van der Waals surface area (Å²) in [5.74, 6) is -0.0983. The molecular formula is C22H24FN5O4. The fourth-order valence-corrected chi connectivity index (χ4v) is 3.58. The zero-order chi connectivity index (χ0) is 22.7. The number of rotatable bonds is 6. The van der Waals surface area contributed by atoms with Gasteiger partial charge in [0, 0.05) is 37.3 Å². The van der Waals surface area contributed by atoms with Crippen LogP contribution in [0, 0.1) is 5.82 Å². The van der Waals surface area contributed by atoms with Crippen molar-refractivity contribution in [1.82, 2.24) is 9.99 Å². The molecule has 1 aromatic carbocycles. The highest BCUT2D eigenvalue weighted by atomic mass is 19.1. The van der Waals surface area contributed by atoms with Crippen LogP contribution in [0.1, 0.15) is 12.8 Å². The molecule has 2 aliphatic rings. The number of cyclic esters (lactones) is 1. The van der Waals surface area contributed by atoms with Gasteiger partial charge in [0.05, 0.1) is 25.9 Å². The first-order chi connectivity index (χ1) is 15.4. The lowest BCUT2D eigenvalue weighted by Crippen LogP contribution is -2.36. The van der Waals surface area contributed by atoms with Crippen molar-refractivity contribution in [2.45, 2.75) is 18.9 Å². The van der Waals surface area contributed by atoms with E-state index in [0.717, 1.165) is 18.9 Å². The topological polar surface area (TPSA) is 87.6 Å². The van der Waals surface area contributed by atoms with Gasteiger partial charge >= 0.3 is 12.1 Å². The fraction of sp³-hybridized carbons (Fsp3) is 0.364. The first kappa shape index (κ1) is 21.5. The van der Waals surface area contributed by atoms with Crippen LogP contribution in [0.25, 0.3) is 11.1 Å². The monoisotopic (exact) mass is 441 g/mol. The van der Waals surface area contributed by atoms with E-state index in [1.165, 1.54) is 18.1 Å². The predicted molar refractivity (Wildman–Crippen MR) is 117 cm³/mol. The minimum absolute atomic E-state index is 0.151. The molecule has 0 unspecified atom stereocenters. The number of amides is 1. The molecule has 0 saturated carbocycles. The number of anilines is 2. The van der Waals surface area contributed by atoms with E-state index in [2.05, 4.69) is 14.8 Å². The molecular weight excluding hydrogens is 417 g/mol. The Morgan fingerprint density at radius 2 is 2.12 bits per heavy atom. The van der Waals surface area contributed by atoms with Crippen molar-refractivity contribution in [3.05, 3.63) is 42.3 Å². The van der Waals surface area contributed by atoms with Gasteiger partial charge in [-0.1, -0.05) is 0 Å². The lowest BCUT2D eigenvalue weighted by atomic mass is 10.1. The summed E-state index contributed by atoms with van der Waals surface area (Å²) in [6, 6.07) is 8.22. The van der Waals surface area contributed by atoms with Gasteiger partial charge in [0.25, 0.3) is 0 Å². The highest BCUT2D eigenvalue weighted by molar-refractivity contribution is 5.90. The second-order valence-corrected chi connectivity index (χ2v) is 7.61. The van der Waals surface area contributed by atoms with E-state index in [0.29, 0.717) is 23.2 Å². The molecule has 2 aromatic rings. The van der Waals surface area contributed by atoms with E-state index in [4.69, 9.17) is 4.74 Å². The van der Waals surface area contributed by atoms with Crippen LogP contribution < -0.4 is 9.80 Å². The number of carbonyl (C=O) groups excluding carboxylic acids is 2.